The first-order valence-corrected chi connectivity index (χ1v) is 9.22. The zero-order valence-corrected chi connectivity index (χ0v) is 15.9. The molecular formula is C21H22N4O3. The molecule has 0 bridgehead atoms. The van der Waals surface area contributed by atoms with E-state index in [0.29, 0.717) is 42.6 Å². The van der Waals surface area contributed by atoms with Gasteiger partial charge in [-0.15, -0.1) is 0 Å². The van der Waals surface area contributed by atoms with Crippen LogP contribution in [0.3, 0.4) is 0 Å². The van der Waals surface area contributed by atoms with Gasteiger partial charge in [-0.2, -0.15) is 4.98 Å². The van der Waals surface area contributed by atoms with Gasteiger partial charge in [0, 0.05) is 36.0 Å². The van der Waals surface area contributed by atoms with Gasteiger partial charge in [0.25, 0.3) is 0 Å². The third-order valence-electron chi connectivity index (χ3n) is 4.69. The molecule has 0 unspecified atom stereocenters. The van der Waals surface area contributed by atoms with Crippen molar-refractivity contribution in [2.45, 2.75) is 25.9 Å². The van der Waals surface area contributed by atoms with Crippen LogP contribution in [0.5, 0.6) is 17.5 Å². The molecule has 28 heavy (non-hydrogen) atoms. The first kappa shape index (κ1) is 18.2. The Balaban J connectivity index is 1.36. The first-order valence-electron chi connectivity index (χ1n) is 9.22. The third-order valence-corrected chi connectivity index (χ3v) is 4.69. The smallest absolute Gasteiger partial charge is 0.223 e. The van der Waals surface area contributed by atoms with Crippen LogP contribution >= 0.6 is 0 Å². The van der Waals surface area contributed by atoms with Gasteiger partial charge < -0.3 is 14.2 Å². The van der Waals surface area contributed by atoms with E-state index < -0.39 is 0 Å². The van der Waals surface area contributed by atoms with Crippen molar-refractivity contribution in [2.75, 3.05) is 13.7 Å². The topological polar surface area (TPSA) is 79.2 Å². The van der Waals surface area contributed by atoms with Crippen LogP contribution in [0, 0.1) is 12.8 Å². The molecule has 1 aliphatic carbocycles. The highest BCUT2D eigenvalue weighted by Crippen LogP contribution is 2.47. The van der Waals surface area contributed by atoms with Crippen molar-refractivity contribution >= 4 is 0 Å². The summed E-state index contributed by atoms with van der Waals surface area (Å²) in [5, 5.41) is 0. The number of ether oxygens (including phenoxy) is 3. The van der Waals surface area contributed by atoms with E-state index in [1.165, 1.54) is 0 Å². The molecule has 1 fully saturated rings. The Morgan fingerprint density at radius 1 is 1.04 bits per heavy atom. The van der Waals surface area contributed by atoms with Gasteiger partial charge in [0.1, 0.15) is 18.2 Å². The summed E-state index contributed by atoms with van der Waals surface area (Å²) in [7, 11) is 1.64. The van der Waals surface area contributed by atoms with Crippen LogP contribution in [0.1, 0.15) is 29.4 Å². The van der Waals surface area contributed by atoms with Crippen LogP contribution in [0.15, 0.2) is 48.9 Å². The Hall–Kier alpha value is -3.22. The fourth-order valence-corrected chi connectivity index (χ4v) is 2.99. The fourth-order valence-electron chi connectivity index (χ4n) is 2.99. The second-order valence-corrected chi connectivity index (χ2v) is 6.74. The maximum absolute atomic E-state index is 6.02. The maximum Gasteiger partial charge on any atom is 0.223 e. The number of hydrogen-bond donors (Lipinski definition) is 0. The predicted molar refractivity (Wildman–Crippen MR) is 102 cm³/mol. The lowest BCUT2D eigenvalue weighted by atomic mass is 10.2. The summed E-state index contributed by atoms with van der Waals surface area (Å²) >= 11 is 0. The van der Waals surface area contributed by atoms with Crippen LogP contribution in [-0.2, 0) is 6.61 Å². The summed E-state index contributed by atoms with van der Waals surface area (Å²) in [6.07, 6.45) is 6.25. The molecule has 7 heteroatoms. The van der Waals surface area contributed by atoms with Crippen molar-refractivity contribution in [3.05, 3.63) is 66.0 Å². The van der Waals surface area contributed by atoms with E-state index >= 15 is 0 Å². The summed E-state index contributed by atoms with van der Waals surface area (Å²) < 4.78 is 16.9. The lowest BCUT2D eigenvalue weighted by molar-refractivity contribution is 0.256. The fraction of sp³-hybridized carbons (Fsp3) is 0.333. The minimum Gasteiger partial charge on any atom is -0.495 e. The summed E-state index contributed by atoms with van der Waals surface area (Å²) in [5.74, 6) is 3.41. The number of pyridine rings is 2. The summed E-state index contributed by atoms with van der Waals surface area (Å²) in [4.78, 5) is 17.3. The van der Waals surface area contributed by atoms with Crippen LogP contribution in [-0.4, -0.2) is 33.7 Å². The van der Waals surface area contributed by atoms with Gasteiger partial charge in [-0.3, -0.25) is 4.98 Å². The van der Waals surface area contributed by atoms with E-state index in [9.17, 15) is 0 Å². The zero-order chi connectivity index (χ0) is 19.3. The van der Waals surface area contributed by atoms with Gasteiger partial charge >= 0.3 is 0 Å². The lowest BCUT2D eigenvalue weighted by Gasteiger charge is -2.11. The minimum atomic E-state index is 0.306. The van der Waals surface area contributed by atoms with Crippen molar-refractivity contribution in [1.29, 1.82) is 0 Å². The Labute approximate surface area is 163 Å². The van der Waals surface area contributed by atoms with Crippen molar-refractivity contribution < 1.29 is 14.2 Å². The van der Waals surface area contributed by atoms with Gasteiger partial charge in [-0.25, -0.2) is 9.97 Å². The summed E-state index contributed by atoms with van der Waals surface area (Å²) in [5.41, 5.74) is 1.88. The monoisotopic (exact) mass is 378 g/mol. The van der Waals surface area contributed by atoms with Crippen molar-refractivity contribution in [2.24, 2.45) is 5.92 Å². The number of nitrogens with zero attached hydrogens (tertiary/aromatic N) is 4. The van der Waals surface area contributed by atoms with E-state index in [2.05, 4.69) is 19.9 Å². The molecule has 1 saturated carbocycles. The minimum absolute atomic E-state index is 0.306. The zero-order valence-electron chi connectivity index (χ0n) is 15.9. The molecule has 0 amide bonds. The van der Waals surface area contributed by atoms with Crippen molar-refractivity contribution in [1.82, 2.24) is 19.9 Å². The third kappa shape index (κ3) is 4.36. The van der Waals surface area contributed by atoms with E-state index in [-0.39, 0.29) is 0 Å². The van der Waals surface area contributed by atoms with E-state index in [1.54, 1.807) is 25.7 Å². The first-order chi connectivity index (χ1) is 13.7. The molecular weight excluding hydrogens is 356 g/mol. The molecule has 0 saturated heterocycles. The van der Waals surface area contributed by atoms with Crippen molar-refractivity contribution in [3.63, 3.8) is 0 Å². The maximum atomic E-state index is 6.02. The second-order valence-electron chi connectivity index (χ2n) is 6.74. The van der Waals surface area contributed by atoms with Crippen LogP contribution < -0.4 is 14.2 Å². The average molecular weight is 378 g/mol. The molecule has 0 aliphatic heterocycles. The summed E-state index contributed by atoms with van der Waals surface area (Å²) in [6, 6.07) is 9.50. The molecule has 2 atom stereocenters. The van der Waals surface area contributed by atoms with Gasteiger partial charge in [0.15, 0.2) is 0 Å². The van der Waals surface area contributed by atoms with Crippen molar-refractivity contribution in [3.8, 4) is 17.5 Å². The normalized spacial score (nSPS) is 17.8. The van der Waals surface area contributed by atoms with Gasteiger partial charge in [0.05, 0.1) is 25.5 Å². The standard InChI is InChI=1S/C21H22N4O3/c1-14-23-10-16(13-27-20-5-3-4-8-22-20)21(25-14)28-12-15-9-18(15)19-7-6-17(26-2)11-24-19/h3-8,10-11,15,18H,9,12-13H2,1-2H3/t15-,18+/m1/s1. The molecule has 0 radical (unpaired) electrons. The van der Waals surface area contributed by atoms with Crippen LogP contribution in [0.4, 0.5) is 0 Å². The highest BCUT2D eigenvalue weighted by Gasteiger charge is 2.40. The average Bonchev–Trinajstić information content (AvgIpc) is 3.52. The number of hydrogen-bond acceptors (Lipinski definition) is 7. The Morgan fingerprint density at radius 2 is 1.96 bits per heavy atom. The van der Waals surface area contributed by atoms with E-state index in [0.717, 1.165) is 23.4 Å². The SMILES string of the molecule is COc1ccc([C@H]2C[C@@H]2COc2nc(C)ncc2COc2ccccn2)nc1. The predicted octanol–water partition coefficient (Wildman–Crippen LogP) is 3.35. The number of methoxy groups -OCH3 is 1. The largest absolute Gasteiger partial charge is 0.495 e. The lowest BCUT2D eigenvalue weighted by Crippen LogP contribution is -2.08. The molecule has 144 valence electrons. The van der Waals surface area contributed by atoms with Crippen LogP contribution in [0.2, 0.25) is 0 Å². The Bertz CT molecular complexity index is 919. The Kier molecular flexibility index (Phi) is 5.32. The molecule has 3 heterocycles. The second kappa shape index (κ2) is 8.21. The molecule has 3 aromatic rings. The van der Waals surface area contributed by atoms with E-state index in [1.807, 2.05) is 37.3 Å². The highest BCUT2D eigenvalue weighted by molar-refractivity contribution is 5.26. The number of aryl methyl sites for hydroxylation is 1. The summed E-state index contributed by atoms with van der Waals surface area (Å²) in [6.45, 7) is 2.74. The number of rotatable bonds is 8. The highest BCUT2D eigenvalue weighted by atomic mass is 16.5. The van der Waals surface area contributed by atoms with E-state index in [4.69, 9.17) is 14.2 Å². The molecule has 0 aromatic carbocycles. The van der Waals surface area contributed by atoms with Gasteiger partial charge in [0.2, 0.25) is 11.8 Å². The van der Waals surface area contributed by atoms with Gasteiger partial charge in [-0.1, -0.05) is 6.07 Å². The quantitative estimate of drug-likeness (QED) is 0.595. The van der Waals surface area contributed by atoms with Gasteiger partial charge in [-0.05, 0) is 31.5 Å². The van der Waals surface area contributed by atoms with Crippen LogP contribution in [0.25, 0.3) is 0 Å². The molecule has 1 aliphatic rings. The number of aromatic nitrogens is 4. The Morgan fingerprint density at radius 3 is 2.71 bits per heavy atom. The molecule has 0 N–H and O–H groups in total. The molecule has 0 spiro atoms. The molecule has 7 nitrogen and oxygen atoms in total. The molecule has 4 rings (SSSR count). The molecule has 3 aromatic heterocycles.